The first-order chi connectivity index (χ1) is 11.7. The molecule has 24 heavy (non-hydrogen) atoms. The fourth-order valence-electron chi connectivity index (χ4n) is 2.61. The van der Waals surface area contributed by atoms with Crippen LogP contribution in [-0.4, -0.2) is 61.8 Å². The molecule has 5 heteroatoms. The van der Waals surface area contributed by atoms with Gasteiger partial charge in [0.15, 0.2) is 5.96 Å². The predicted octanol–water partition coefficient (Wildman–Crippen LogP) is 2.05. The number of rotatable bonds is 11. The Labute approximate surface area is 147 Å². The molecule has 1 aromatic carbocycles. The molecular weight excluding hydrogens is 300 g/mol. The summed E-state index contributed by atoms with van der Waals surface area (Å²) in [5, 5.41) is 16.3. The van der Waals surface area contributed by atoms with Crippen molar-refractivity contribution in [2.75, 3.05) is 45.9 Å². The summed E-state index contributed by atoms with van der Waals surface area (Å²) < 4.78 is 0. The van der Waals surface area contributed by atoms with Crippen molar-refractivity contribution in [3.8, 4) is 0 Å². The minimum atomic E-state index is 0.0360. The molecule has 1 rings (SSSR count). The van der Waals surface area contributed by atoms with E-state index in [4.69, 9.17) is 0 Å². The van der Waals surface area contributed by atoms with Crippen LogP contribution in [0.5, 0.6) is 0 Å². The van der Waals surface area contributed by atoms with E-state index in [1.807, 2.05) is 30.3 Å². The van der Waals surface area contributed by atoms with Gasteiger partial charge in [-0.25, -0.2) is 0 Å². The van der Waals surface area contributed by atoms with Crippen molar-refractivity contribution in [1.82, 2.24) is 15.5 Å². The van der Waals surface area contributed by atoms with Gasteiger partial charge in [-0.05, 0) is 32.0 Å². The monoisotopic (exact) mass is 334 g/mol. The number of aliphatic imine (C=N–C) groups is 1. The average Bonchev–Trinajstić information content (AvgIpc) is 2.62. The molecule has 0 aromatic heterocycles. The van der Waals surface area contributed by atoms with E-state index in [2.05, 4.69) is 41.3 Å². The second-order valence-electron chi connectivity index (χ2n) is 5.87. The third-order valence-electron chi connectivity index (χ3n) is 4.01. The molecule has 0 spiro atoms. The summed E-state index contributed by atoms with van der Waals surface area (Å²) >= 11 is 0. The summed E-state index contributed by atoms with van der Waals surface area (Å²) in [6.07, 6.45) is 1.18. The quantitative estimate of drug-likeness (QED) is 0.428. The van der Waals surface area contributed by atoms with Crippen molar-refractivity contribution in [2.24, 2.45) is 4.99 Å². The maximum absolute atomic E-state index is 9.65. The number of hydrogen-bond donors (Lipinski definition) is 3. The maximum atomic E-state index is 9.65. The first-order valence-corrected chi connectivity index (χ1v) is 9.15. The number of aliphatic hydroxyl groups is 1. The lowest BCUT2D eigenvalue weighted by molar-refractivity contribution is 0.268. The Bertz CT molecular complexity index is 450. The fourth-order valence-corrected chi connectivity index (χ4v) is 2.61. The van der Waals surface area contributed by atoms with E-state index in [1.54, 1.807) is 0 Å². The molecule has 0 aliphatic carbocycles. The van der Waals surface area contributed by atoms with Crippen LogP contribution in [0.25, 0.3) is 0 Å². The van der Waals surface area contributed by atoms with Crippen molar-refractivity contribution in [1.29, 1.82) is 0 Å². The highest BCUT2D eigenvalue weighted by Crippen LogP contribution is 2.14. The number of nitrogens with zero attached hydrogens (tertiary/aromatic N) is 2. The van der Waals surface area contributed by atoms with Gasteiger partial charge in [-0.2, -0.15) is 0 Å². The number of likely N-dealkylation sites (N-methyl/N-ethyl adjacent to an activating group) is 1. The third kappa shape index (κ3) is 7.79. The van der Waals surface area contributed by atoms with E-state index in [0.29, 0.717) is 6.54 Å². The molecule has 1 aromatic rings. The van der Waals surface area contributed by atoms with Crippen LogP contribution in [0.3, 0.4) is 0 Å². The van der Waals surface area contributed by atoms with Gasteiger partial charge >= 0.3 is 0 Å². The lowest BCUT2D eigenvalue weighted by atomic mass is 10.0. The van der Waals surface area contributed by atoms with Crippen LogP contribution < -0.4 is 10.6 Å². The number of hydrogen-bond acceptors (Lipinski definition) is 3. The van der Waals surface area contributed by atoms with Crippen LogP contribution in [0.1, 0.15) is 38.7 Å². The molecule has 1 atom stereocenters. The number of guanidine groups is 1. The zero-order valence-corrected chi connectivity index (χ0v) is 15.5. The summed E-state index contributed by atoms with van der Waals surface area (Å²) in [6.45, 7) is 12.1. The summed E-state index contributed by atoms with van der Waals surface area (Å²) in [4.78, 5) is 7.07. The van der Waals surface area contributed by atoms with Crippen LogP contribution in [-0.2, 0) is 0 Å². The SMILES string of the molecule is CCCN(CC)CCNC(=NCC(CO)c1ccccc1)NCC. The van der Waals surface area contributed by atoms with Crippen molar-refractivity contribution in [2.45, 2.75) is 33.1 Å². The van der Waals surface area contributed by atoms with Gasteiger partial charge in [0.25, 0.3) is 0 Å². The van der Waals surface area contributed by atoms with Crippen molar-refractivity contribution < 1.29 is 5.11 Å². The molecule has 0 heterocycles. The number of nitrogens with one attached hydrogen (secondary N) is 2. The third-order valence-corrected chi connectivity index (χ3v) is 4.01. The van der Waals surface area contributed by atoms with Gasteiger partial charge in [-0.3, -0.25) is 4.99 Å². The molecule has 1 unspecified atom stereocenters. The molecule has 0 radical (unpaired) electrons. The molecule has 0 aliphatic heterocycles. The minimum absolute atomic E-state index is 0.0360. The van der Waals surface area contributed by atoms with E-state index < -0.39 is 0 Å². The first-order valence-electron chi connectivity index (χ1n) is 9.15. The van der Waals surface area contributed by atoms with Gasteiger partial charge in [0, 0.05) is 25.6 Å². The fraction of sp³-hybridized carbons (Fsp3) is 0.632. The average molecular weight is 335 g/mol. The van der Waals surface area contributed by atoms with Crippen LogP contribution in [0, 0.1) is 0 Å². The molecule has 0 bridgehead atoms. The highest BCUT2D eigenvalue weighted by molar-refractivity contribution is 5.79. The Balaban J connectivity index is 2.54. The van der Waals surface area contributed by atoms with Gasteiger partial charge in [-0.15, -0.1) is 0 Å². The highest BCUT2D eigenvalue weighted by atomic mass is 16.3. The van der Waals surface area contributed by atoms with Crippen molar-refractivity contribution in [3.63, 3.8) is 0 Å². The zero-order valence-electron chi connectivity index (χ0n) is 15.5. The number of benzene rings is 1. The molecule has 5 nitrogen and oxygen atoms in total. The summed E-state index contributed by atoms with van der Waals surface area (Å²) in [7, 11) is 0. The van der Waals surface area contributed by atoms with Crippen molar-refractivity contribution in [3.05, 3.63) is 35.9 Å². The highest BCUT2D eigenvalue weighted by Gasteiger charge is 2.10. The van der Waals surface area contributed by atoms with Crippen LogP contribution in [0.15, 0.2) is 35.3 Å². The van der Waals surface area contributed by atoms with Crippen LogP contribution in [0.2, 0.25) is 0 Å². The molecule has 0 aliphatic rings. The summed E-state index contributed by atoms with van der Waals surface area (Å²) in [5.74, 6) is 0.855. The molecule has 3 N–H and O–H groups in total. The second kappa shape index (κ2) is 12.8. The Morgan fingerprint density at radius 2 is 1.88 bits per heavy atom. The lowest BCUT2D eigenvalue weighted by Gasteiger charge is -2.21. The van der Waals surface area contributed by atoms with Gasteiger partial charge < -0.3 is 20.6 Å². The largest absolute Gasteiger partial charge is 0.396 e. The first kappa shape index (κ1) is 20.5. The van der Waals surface area contributed by atoms with Gasteiger partial charge in [0.1, 0.15) is 0 Å². The smallest absolute Gasteiger partial charge is 0.191 e. The topological polar surface area (TPSA) is 59.9 Å². The molecule has 0 amide bonds. The van der Waals surface area contributed by atoms with Gasteiger partial charge in [0.2, 0.25) is 0 Å². The molecule has 0 fully saturated rings. The summed E-state index contributed by atoms with van der Waals surface area (Å²) in [5.41, 5.74) is 1.12. The Kier molecular flexibility index (Phi) is 10.9. The van der Waals surface area contributed by atoms with Crippen molar-refractivity contribution >= 4 is 5.96 Å². The van der Waals surface area contributed by atoms with Gasteiger partial charge in [0.05, 0.1) is 13.2 Å². The Morgan fingerprint density at radius 3 is 2.46 bits per heavy atom. The minimum Gasteiger partial charge on any atom is -0.396 e. The zero-order chi connectivity index (χ0) is 17.6. The normalized spacial score (nSPS) is 13.1. The van der Waals surface area contributed by atoms with Gasteiger partial charge in [-0.1, -0.05) is 44.2 Å². The second-order valence-corrected chi connectivity index (χ2v) is 5.87. The molecule has 136 valence electrons. The Morgan fingerprint density at radius 1 is 1.12 bits per heavy atom. The van der Waals surface area contributed by atoms with Crippen LogP contribution >= 0.6 is 0 Å². The van der Waals surface area contributed by atoms with E-state index in [1.165, 1.54) is 6.42 Å². The number of aliphatic hydroxyl groups excluding tert-OH is 1. The molecule has 0 saturated heterocycles. The molecular formula is C19H34N4O. The van der Waals surface area contributed by atoms with Crippen LogP contribution in [0.4, 0.5) is 0 Å². The Hall–Kier alpha value is -1.59. The van der Waals surface area contributed by atoms with E-state index in [0.717, 1.165) is 44.2 Å². The maximum Gasteiger partial charge on any atom is 0.191 e. The lowest BCUT2D eigenvalue weighted by Crippen LogP contribution is -2.42. The van der Waals surface area contributed by atoms with E-state index in [9.17, 15) is 5.11 Å². The standard InChI is InChI=1S/C19H34N4O/c1-4-13-23(6-3)14-12-21-19(20-5-2)22-15-18(16-24)17-10-8-7-9-11-17/h7-11,18,24H,4-6,12-16H2,1-3H3,(H2,20,21,22). The van der Waals surface area contributed by atoms with E-state index in [-0.39, 0.29) is 12.5 Å². The predicted molar refractivity (Wildman–Crippen MR) is 103 cm³/mol. The molecule has 0 saturated carbocycles. The summed E-state index contributed by atoms with van der Waals surface area (Å²) in [6, 6.07) is 10.1. The van der Waals surface area contributed by atoms with E-state index >= 15 is 0 Å².